The average molecular weight is 380 g/mol. The fourth-order valence-corrected chi connectivity index (χ4v) is 4.09. The van der Waals surface area contributed by atoms with Crippen LogP contribution in [-0.4, -0.2) is 30.2 Å². The van der Waals surface area contributed by atoms with E-state index in [0.717, 1.165) is 42.1 Å². The molecule has 0 N–H and O–H groups in total. The summed E-state index contributed by atoms with van der Waals surface area (Å²) < 4.78 is 27.3. The van der Waals surface area contributed by atoms with E-state index in [-0.39, 0.29) is 11.9 Å². The van der Waals surface area contributed by atoms with Crippen LogP contribution in [0.15, 0.2) is 60.8 Å². The lowest BCUT2D eigenvalue weighted by Gasteiger charge is -2.31. The molecule has 5 heteroatoms. The largest absolute Gasteiger partial charge is 0.497 e. The Labute approximate surface area is 165 Å². The van der Waals surface area contributed by atoms with Gasteiger partial charge >= 0.3 is 0 Å². The van der Waals surface area contributed by atoms with Gasteiger partial charge in [-0.05, 0) is 54.4 Å². The lowest BCUT2D eigenvalue weighted by Crippen LogP contribution is -2.29. The van der Waals surface area contributed by atoms with Crippen molar-refractivity contribution in [2.24, 2.45) is 0 Å². The first kappa shape index (κ1) is 18.6. The molecule has 1 aliphatic rings. The van der Waals surface area contributed by atoms with Gasteiger partial charge in [0.05, 0.1) is 20.3 Å². The van der Waals surface area contributed by atoms with E-state index in [0.29, 0.717) is 6.54 Å². The molecule has 3 aromatic rings. The van der Waals surface area contributed by atoms with Crippen LogP contribution in [0.25, 0.3) is 0 Å². The lowest BCUT2D eigenvalue weighted by molar-refractivity contribution is 0.216. The van der Waals surface area contributed by atoms with Gasteiger partial charge in [0.15, 0.2) is 0 Å². The predicted octanol–water partition coefficient (Wildman–Crippen LogP) is 4.64. The first-order valence-corrected chi connectivity index (χ1v) is 9.55. The van der Waals surface area contributed by atoms with Gasteiger partial charge in [0.25, 0.3) is 0 Å². The molecule has 1 atom stereocenters. The van der Waals surface area contributed by atoms with Gasteiger partial charge in [-0.3, -0.25) is 4.90 Å². The summed E-state index contributed by atoms with van der Waals surface area (Å²) in [6.07, 6.45) is 3.14. The highest BCUT2D eigenvalue weighted by Crippen LogP contribution is 2.35. The number of ether oxygens (including phenoxy) is 2. The monoisotopic (exact) mass is 380 g/mol. The fraction of sp³-hybridized carbons (Fsp3) is 0.304. The molecule has 4 nitrogen and oxygen atoms in total. The highest BCUT2D eigenvalue weighted by molar-refractivity contribution is 5.41. The van der Waals surface area contributed by atoms with Crippen molar-refractivity contribution in [2.75, 3.05) is 20.8 Å². The number of fused-ring (bicyclic) bond motifs is 1. The van der Waals surface area contributed by atoms with Crippen molar-refractivity contribution < 1.29 is 13.9 Å². The van der Waals surface area contributed by atoms with E-state index in [4.69, 9.17) is 9.47 Å². The van der Waals surface area contributed by atoms with Crippen molar-refractivity contribution in [3.63, 3.8) is 0 Å². The molecule has 0 radical (unpaired) electrons. The average Bonchev–Trinajstić information content (AvgIpc) is 3.09. The van der Waals surface area contributed by atoms with Crippen molar-refractivity contribution in [3.05, 3.63) is 83.4 Å². The van der Waals surface area contributed by atoms with Crippen molar-refractivity contribution >= 4 is 0 Å². The Hall–Kier alpha value is -2.79. The van der Waals surface area contributed by atoms with Gasteiger partial charge in [0.2, 0.25) is 0 Å². The van der Waals surface area contributed by atoms with Gasteiger partial charge in [0, 0.05) is 37.1 Å². The normalized spacial score (nSPS) is 17.0. The van der Waals surface area contributed by atoms with E-state index in [9.17, 15) is 4.39 Å². The maximum atomic E-state index is 14.0. The summed E-state index contributed by atoms with van der Waals surface area (Å²) in [6.45, 7) is 2.55. The Balaban J connectivity index is 1.76. The zero-order chi connectivity index (χ0) is 19.5. The van der Waals surface area contributed by atoms with E-state index < -0.39 is 0 Å². The van der Waals surface area contributed by atoms with Crippen LogP contribution in [0, 0.1) is 5.82 Å². The standard InChI is InChI=1S/C23H25FN2O2/c1-27-20-9-10-22(28-2)18(15-20)16-26-13-5-12-25-11-4-8-21(25)23(26)17-6-3-7-19(24)14-17/h3-4,6-11,14-15,23H,5,12-13,16H2,1-2H3/t23-/m1/s1. The number of hydrogen-bond acceptors (Lipinski definition) is 3. The molecule has 4 rings (SSSR count). The van der Waals surface area contributed by atoms with E-state index in [2.05, 4.69) is 27.8 Å². The molecular formula is C23H25FN2O2. The second-order valence-corrected chi connectivity index (χ2v) is 7.09. The Morgan fingerprint density at radius 2 is 1.89 bits per heavy atom. The third-order valence-corrected chi connectivity index (χ3v) is 5.38. The van der Waals surface area contributed by atoms with E-state index in [1.807, 2.05) is 24.3 Å². The Bertz CT molecular complexity index is 953. The second-order valence-electron chi connectivity index (χ2n) is 7.09. The van der Waals surface area contributed by atoms with Crippen LogP contribution >= 0.6 is 0 Å². The maximum absolute atomic E-state index is 14.0. The minimum absolute atomic E-state index is 0.0240. The van der Waals surface area contributed by atoms with Crippen LogP contribution in [0.2, 0.25) is 0 Å². The smallest absolute Gasteiger partial charge is 0.123 e. The highest BCUT2D eigenvalue weighted by atomic mass is 19.1. The molecular weight excluding hydrogens is 355 g/mol. The van der Waals surface area contributed by atoms with Crippen molar-refractivity contribution in [2.45, 2.75) is 25.6 Å². The molecule has 0 unspecified atom stereocenters. The summed E-state index contributed by atoms with van der Waals surface area (Å²) in [5.41, 5.74) is 3.21. The van der Waals surface area contributed by atoms with Crippen molar-refractivity contribution in [3.8, 4) is 11.5 Å². The SMILES string of the molecule is COc1ccc(OC)c(CN2CCCn3cccc3[C@H]2c2cccc(F)c2)c1. The number of nitrogens with zero attached hydrogens (tertiary/aromatic N) is 2. The molecule has 0 saturated carbocycles. The summed E-state index contributed by atoms with van der Waals surface area (Å²) in [4.78, 5) is 2.39. The molecule has 0 amide bonds. The van der Waals surface area contributed by atoms with Gasteiger partial charge in [-0.1, -0.05) is 12.1 Å². The molecule has 1 aliphatic heterocycles. The number of aromatic nitrogens is 1. The molecule has 0 aliphatic carbocycles. The topological polar surface area (TPSA) is 26.6 Å². The van der Waals surface area contributed by atoms with Crippen LogP contribution in [-0.2, 0) is 13.1 Å². The van der Waals surface area contributed by atoms with Gasteiger partial charge in [-0.25, -0.2) is 4.39 Å². The number of halogens is 1. The Kier molecular flexibility index (Phi) is 5.35. The zero-order valence-electron chi connectivity index (χ0n) is 16.3. The molecule has 28 heavy (non-hydrogen) atoms. The minimum atomic E-state index is -0.209. The van der Waals surface area contributed by atoms with Crippen LogP contribution in [0.1, 0.15) is 29.3 Å². The van der Waals surface area contributed by atoms with Gasteiger partial charge < -0.3 is 14.0 Å². The molecule has 2 aromatic carbocycles. The van der Waals surface area contributed by atoms with Gasteiger partial charge in [-0.2, -0.15) is 0 Å². The lowest BCUT2D eigenvalue weighted by atomic mass is 10.0. The van der Waals surface area contributed by atoms with Gasteiger partial charge in [-0.15, -0.1) is 0 Å². The van der Waals surface area contributed by atoms with Crippen molar-refractivity contribution in [1.82, 2.24) is 9.47 Å². The van der Waals surface area contributed by atoms with E-state index >= 15 is 0 Å². The summed E-state index contributed by atoms with van der Waals surface area (Å²) in [5.74, 6) is 1.42. The molecule has 0 bridgehead atoms. The highest BCUT2D eigenvalue weighted by Gasteiger charge is 2.28. The number of aryl methyl sites for hydroxylation is 1. The molecule has 0 saturated heterocycles. The first-order valence-electron chi connectivity index (χ1n) is 9.55. The zero-order valence-corrected chi connectivity index (χ0v) is 16.3. The first-order chi connectivity index (χ1) is 13.7. The summed E-state index contributed by atoms with van der Waals surface area (Å²) in [6, 6.07) is 17.0. The molecule has 146 valence electrons. The summed E-state index contributed by atoms with van der Waals surface area (Å²) >= 11 is 0. The molecule has 2 heterocycles. The number of methoxy groups -OCH3 is 2. The molecule has 0 fully saturated rings. The van der Waals surface area contributed by atoms with Crippen molar-refractivity contribution in [1.29, 1.82) is 0 Å². The quantitative estimate of drug-likeness (QED) is 0.645. The van der Waals surface area contributed by atoms with E-state index in [1.165, 1.54) is 11.8 Å². The fourth-order valence-electron chi connectivity index (χ4n) is 4.09. The molecule has 0 spiro atoms. The van der Waals surface area contributed by atoms with Crippen LogP contribution in [0.4, 0.5) is 4.39 Å². The Morgan fingerprint density at radius 1 is 1.00 bits per heavy atom. The van der Waals surface area contributed by atoms with E-state index in [1.54, 1.807) is 26.4 Å². The number of hydrogen-bond donors (Lipinski definition) is 0. The van der Waals surface area contributed by atoms with Crippen LogP contribution in [0.3, 0.4) is 0 Å². The van der Waals surface area contributed by atoms with Gasteiger partial charge in [0.1, 0.15) is 17.3 Å². The second kappa shape index (κ2) is 8.07. The third-order valence-electron chi connectivity index (χ3n) is 5.38. The maximum Gasteiger partial charge on any atom is 0.123 e. The third kappa shape index (κ3) is 3.62. The number of benzene rings is 2. The predicted molar refractivity (Wildman–Crippen MR) is 107 cm³/mol. The summed E-state index contributed by atoms with van der Waals surface area (Å²) in [5, 5.41) is 0. The van der Waals surface area contributed by atoms with Crippen LogP contribution in [0.5, 0.6) is 11.5 Å². The molecule has 1 aromatic heterocycles. The minimum Gasteiger partial charge on any atom is -0.497 e. The number of rotatable bonds is 5. The van der Waals surface area contributed by atoms with Crippen LogP contribution < -0.4 is 9.47 Å². The summed E-state index contributed by atoms with van der Waals surface area (Å²) in [7, 11) is 3.35. The Morgan fingerprint density at radius 3 is 2.68 bits per heavy atom.